The van der Waals surface area contributed by atoms with E-state index in [1.54, 1.807) is 5.01 Å². The minimum Gasteiger partial charge on any atom is -0.492 e. The maximum absolute atomic E-state index is 13.9. The predicted octanol–water partition coefficient (Wildman–Crippen LogP) is 4.98. The molecule has 0 spiro atoms. The van der Waals surface area contributed by atoms with Crippen LogP contribution < -0.4 is 31.0 Å². The van der Waals surface area contributed by atoms with Crippen LogP contribution in [0.3, 0.4) is 0 Å². The van der Waals surface area contributed by atoms with Crippen molar-refractivity contribution in [3.05, 3.63) is 95.6 Å². The molecule has 3 aromatic rings. The average molecular weight is 803 g/mol. The Morgan fingerprint density at radius 1 is 0.759 bits per heavy atom. The first-order chi connectivity index (χ1) is 27.5. The van der Waals surface area contributed by atoms with Gasteiger partial charge in [-0.3, -0.25) is 15.0 Å². The van der Waals surface area contributed by atoms with Crippen molar-refractivity contribution in [1.82, 2.24) is 26.4 Å². The Bertz CT molecular complexity index is 1790. The number of aliphatic hydroxyl groups excluding tert-OH is 1. The number of nitrogens with one attached hydrogen (secondary N) is 4. The molecule has 0 radical (unpaired) electrons. The average Bonchev–Trinajstić information content (AvgIpc) is 3.18. The smallest absolute Gasteiger partial charge is 0.407 e. The number of carbonyl (C=O) groups excluding carboxylic acids is 4. The Morgan fingerprint density at radius 2 is 1.34 bits per heavy atom. The largest absolute Gasteiger partial charge is 0.492 e. The van der Waals surface area contributed by atoms with Crippen LogP contribution in [0.15, 0.2) is 78.9 Å². The molecule has 1 heterocycles. The van der Waals surface area contributed by atoms with Gasteiger partial charge < -0.3 is 40.2 Å². The molecule has 5 N–H and O–H groups in total. The highest BCUT2D eigenvalue weighted by molar-refractivity contribution is 5.87. The summed E-state index contributed by atoms with van der Waals surface area (Å²) in [5, 5.41) is 21.7. The Morgan fingerprint density at radius 3 is 1.95 bits per heavy atom. The second-order valence-electron chi connectivity index (χ2n) is 16.8. The molecule has 0 bridgehead atoms. The fourth-order valence-corrected chi connectivity index (χ4v) is 6.87. The molecule has 0 fully saturated rings. The van der Waals surface area contributed by atoms with Crippen molar-refractivity contribution in [3.8, 4) is 5.75 Å². The van der Waals surface area contributed by atoms with Crippen LogP contribution in [0.5, 0.6) is 5.75 Å². The molecule has 1 aliphatic rings. The van der Waals surface area contributed by atoms with Crippen LogP contribution in [0.25, 0.3) is 0 Å². The minimum absolute atomic E-state index is 0.126. The van der Waals surface area contributed by atoms with Crippen molar-refractivity contribution in [2.45, 2.75) is 91.6 Å². The van der Waals surface area contributed by atoms with Crippen LogP contribution in [0, 0.1) is 10.8 Å². The van der Waals surface area contributed by atoms with E-state index in [2.05, 4.69) is 50.5 Å². The second kappa shape index (κ2) is 20.9. The van der Waals surface area contributed by atoms with Crippen LogP contribution in [0.1, 0.15) is 64.7 Å². The molecule has 316 valence electrons. The summed E-state index contributed by atoms with van der Waals surface area (Å²) >= 11 is 0. The van der Waals surface area contributed by atoms with E-state index >= 15 is 0 Å². The molecule has 0 saturated heterocycles. The van der Waals surface area contributed by atoms with Gasteiger partial charge in [-0.2, -0.15) is 0 Å². The maximum atomic E-state index is 13.9. The van der Waals surface area contributed by atoms with Gasteiger partial charge in [-0.05, 0) is 65.0 Å². The van der Waals surface area contributed by atoms with Gasteiger partial charge in [-0.1, -0.05) is 102 Å². The number of aryl methyl sites for hydroxylation is 1. The van der Waals surface area contributed by atoms with E-state index in [1.807, 2.05) is 96.1 Å². The predicted molar refractivity (Wildman–Crippen MR) is 223 cm³/mol. The lowest BCUT2D eigenvalue weighted by molar-refractivity contribution is -0.132. The number of fused-ring (bicyclic) bond motifs is 1. The third kappa shape index (κ3) is 13.7. The molecule has 0 unspecified atom stereocenters. The molecule has 4 rings (SSSR count). The van der Waals surface area contributed by atoms with E-state index < -0.39 is 59.1 Å². The second-order valence-corrected chi connectivity index (χ2v) is 16.8. The third-order valence-corrected chi connectivity index (χ3v) is 10.1. The summed E-state index contributed by atoms with van der Waals surface area (Å²) < 4.78 is 15.7. The van der Waals surface area contributed by atoms with Gasteiger partial charge in [-0.25, -0.2) is 14.6 Å². The Hall–Kier alpha value is -5.34. The standard InChI is InChI=1S/C44H62N6O8/c1-43(2,3)37(46-41(54)56-7)39(52)45-34(27-30-15-10-9-11-16-30)36(51)29-50(48-40(53)38(44(4,5)6)47-42(55)57-8)28-31-20-22-33(23-21-31)58-26-25-49-24-14-18-32-17-12-13-19-35(32)49/h9-13,15-17,19-23,34,36-38,51H,14,18,24-29H2,1-8H3,(H,45,52)(H,46,54)(H,47,55)(H,48,53)/t34-,36-,37+,38+/m0/s1. The Balaban J connectivity index is 1.55. The van der Waals surface area contributed by atoms with Crippen LogP contribution in [-0.2, 0) is 38.4 Å². The van der Waals surface area contributed by atoms with Crippen LogP contribution in [0.4, 0.5) is 15.3 Å². The molecule has 14 heteroatoms. The number of carbonyl (C=O) groups is 4. The SMILES string of the molecule is COC(=O)N[C@H](C(=O)N[C@@H](Cc1ccccc1)[C@@H](O)CN(Cc1ccc(OCCN2CCCc3ccccc32)cc1)NC(=O)[C@@H](NC(=O)OC)C(C)(C)C)C(C)(C)C. The van der Waals surface area contributed by atoms with Gasteiger partial charge >= 0.3 is 12.2 Å². The summed E-state index contributed by atoms with van der Waals surface area (Å²) in [6.45, 7) is 13.1. The molecule has 0 aromatic heterocycles. The number of hydrogen-bond acceptors (Lipinski definition) is 10. The lowest BCUT2D eigenvalue weighted by Gasteiger charge is -2.35. The van der Waals surface area contributed by atoms with Gasteiger partial charge in [0.1, 0.15) is 24.4 Å². The topological polar surface area (TPSA) is 171 Å². The first kappa shape index (κ1) is 45.4. The number of para-hydroxylation sites is 1. The number of benzene rings is 3. The summed E-state index contributed by atoms with van der Waals surface area (Å²) in [4.78, 5) is 54.7. The van der Waals surface area contributed by atoms with E-state index in [0.29, 0.717) is 12.4 Å². The molecule has 14 nitrogen and oxygen atoms in total. The Kier molecular flexibility index (Phi) is 16.3. The van der Waals surface area contributed by atoms with E-state index in [0.717, 1.165) is 37.1 Å². The van der Waals surface area contributed by atoms with E-state index in [1.165, 1.54) is 25.5 Å². The zero-order chi connectivity index (χ0) is 42.5. The van der Waals surface area contributed by atoms with Gasteiger partial charge in [0.2, 0.25) is 5.91 Å². The summed E-state index contributed by atoms with van der Waals surface area (Å²) in [6, 6.07) is 22.5. The van der Waals surface area contributed by atoms with Crippen molar-refractivity contribution in [2.24, 2.45) is 10.8 Å². The van der Waals surface area contributed by atoms with Crippen LogP contribution >= 0.6 is 0 Å². The summed E-state index contributed by atoms with van der Waals surface area (Å²) in [7, 11) is 2.45. The lowest BCUT2D eigenvalue weighted by Crippen LogP contribution is -2.60. The van der Waals surface area contributed by atoms with E-state index in [9.17, 15) is 24.3 Å². The molecule has 58 heavy (non-hydrogen) atoms. The van der Waals surface area contributed by atoms with E-state index in [4.69, 9.17) is 14.2 Å². The fraction of sp³-hybridized carbons (Fsp3) is 0.500. The number of anilines is 1. The van der Waals surface area contributed by atoms with Gasteiger partial charge in [0, 0.05) is 25.3 Å². The number of methoxy groups -OCH3 is 2. The number of rotatable bonds is 17. The van der Waals surface area contributed by atoms with Crippen molar-refractivity contribution in [2.75, 3.05) is 45.4 Å². The summed E-state index contributed by atoms with van der Waals surface area (Å²) in [6.07, 6.45) is -0.326. The number of alkyl carbamates (subject to hydrolysis) is 2. The number of amides is 4. The molecule has 4 amide bonds. The molecular formula is C44H62N6O8. The quantitative estimate of drug-likeness (QED) is 0.117. The molecule has 0 aliphatic carbocycles. The van der Waals surface area contributed by atoms with Gasteiger partial charge in [0.05, 0.1) is 32.9 Å². The lowest BCUT2D eigenvalue weighted by atomic mass is 9.85. The highest BCUT2D eigenvalue weighted by Gasteiger charge is 2.37. The number of hydrogen-bond donors (Lipinski definition) is 5. The maximum Gasteiger partial charge on any atom is 0.407 e. The first-order valence-corrected chi connectivity index (χ1v) is 19.8. The molecular weight excluding hydrogens is 741 g/mol. The zero-order valence-corrected chi connectivity index (χ0v) is 35.2. The third-order valence-electron chi connectivity index (χ3n) is 10.1. The normalized spacial score (nSPS) is 14.9. The summed E-state index contributed by atoms with van der Waals surface area (Å²) in [5.74, 6) is -0.342. The van der Waals surface area contributed by atoms with Gasteiger partial charge in [-0.15, -0.1) is 0 Å². The van der Waals surface area contributed by atoms with Crippen molar-refractivity contribution in [1.29, 1.82) is 0 Å². The van der Waals surface area contributed by atoms with Gasteiger partial charge in [0.15, 0.2) is 0 Å². The van der Waals surface area contributed by atoms with Crippen LogP contribution in [-0.4, -0.2) is 98.8 Å². The highest BCUT2D eigenvalue weighted by Crippen LogP contribution is 2.27. The monoisotopic (exact) mass is 802 g/mol. The van der Waals surface area contributed by atoms with Crippen molar-refractivity contribution in [3.63, 3.8) is 0 Å². The zero-order valence-electron chi connectivity index (χ0n) is 35.2. The fourth-order valence-electron chi connectivity index (χ4n) is 6.87. The number of ether oxygens (including phenoxy) is 3. The minimum atomic E-state index is -1.23. The number of aliphatic hydroxyl groups is 1. The molecule has 1 aliphatic heterocycles. The highest BCUT2D eigenvalue weighted by atomic mass is 16.5. The van der Waals surface area contributed by atoms with Crippen molar-refractivity contribution < 1.29 is 38.5 Å². The van der Waals surface area contributed by atoms with Crippen molar-refractivity contribution >= 4 is 29.7 Å². The van der Waals surface area contributed by atoms with E-state index in [-0.39, 0.29) is 19.5 Å². The van der Waals surface area contributed by atoms with Crippen LogP contribution in [0.2, 0.25) is 0 Å². The van der Waals surface area contributed by atoms with Gasteiger partial charge in [0.25, 0.3) is 5.91 Å². The number of hydrazine groups is 1. The summed E-state index contributed by atoms with van der Waals surface area (Å²) in [5.41, 5.74) is 5.77. The molecule has 4 atom stereocenters. The Labute approximate surface area is 342 Å². The number of nitrogens with zero attached hydrogens (tertiary/aromatic N) is 2. The first-order valence-electron chi connectivity index (χ1n) is 19.8. The molecule has 3 aromatic carbocycles. The molecule has 0 saturated carbocycles.